The third-order valence-corrected chi connectivity index (χ3v) is 2.73. The average Bonchev–Trinajstić information content (AvgIpc) is 2.75. The first-order valence-corrected chi connectivity index (χ1v) is 6.35. The number of ether oxygens (including phenoxy) is 1. The zero-order valence-electron chi connectivity index (χ0n) is 11.1. The van der Waals surface area contributed by atoms with Crippen molar-refractivity contribution in [2.24, 2.45) is 7.05 Å². The fourth-order valence-electron chi connectivity index (χ4n) is 1.56. The van der Waals surface area contributed by atoms with Crippen molar-refractivity contribution in [2.75, 3.05) is 5.32 Å². The zero-order chi connectivity index (χ0) is 13.8. The second kappa shape index (κ2) is 5.88. The van der Waals surface area contributed by atoms with Crippen LogP contribution in [0.2, 0.25) is 5.02 Å². The molecular weight excluding hydrogens is 266 g/mol. The lowest BCUT2D eigenvalue weighted by Crippen LogP contribution is -2.07. The number of hydrogen-bond acceptors (Lipinski definition) is 5. The van der Waals surface area contributed by atoms with Crippen LogP contribution in [0.5, 0.6) is 5.75 Å². The molecule has 2 rings (SSSR count). The van der Waals surface area contributed by atoms with E-state index in [-0.39, 0.29) is 6.10 Å². The molecule has 102 valence electrons. The van der Waals surface area contributed by atoms with E-state index in [4.69, 9.17) is 16.3 Å². The van der Waals surface area contributed by atoms with Crippen LogP contribution in [0.25, 0.3) is 0 Å². The van der Waals surface area contributed by atoms with Crippen LogP contribution < -0.4 is 10.1 Å². The average molecular weight is 282 g/mol. The standard InChI is InChI=1S/C12H16ClN5O/c1-8(2)19-11-5-4-9(6-10(11)13)7-14-12-15-16-17-18(12)3/h4-6,8H,7H2,1-3H3,(H,14,15,17). The van der Waals surface area contributed by atoms with E-state index >= 15 is 0 Å². The highest BCUT2D eigenvalue weighted by Gasteiger charge is 2.06. The van der Waals surface area contributed by atoms with Crippen molar-refractivity contribution < 1.29 is 4.74 Å². The summed E-state index contributed by atoms with van der Waals surface area (Å²) in [5, 5.41) is 14.9. The van der Waals surface area contributed by atoms with Crippen molar-refractivity contribution in [3.8, 4) is 5.75 Å². The minimum Gasteiger partial charge on any atom is -0.489 e. The maximum absolute atomic E-state index is 6.17. The van der Waals surface area contributed by atoms with E-state index < -0.39 is 0 Å². The minimum absolute atomic E-state index is 0.103. The molecular formula is C12H16ClN5O. The summed E-state index contributed by atoms with van der Waals surface area (Å²) in [6, 6.07) is 5.70. The molecule has 0 aliphatic carbocycles. The number of aryl methyl sites for hydroxylation is 1. The van der Waals surface area contributed by atoms with Crippen molar-refractivity contribution >= 4 is 17.5 Å². The quantitative estimate of drug-likeness (QED) is 0.911. The lowest BCUT2D eigenvalue weighted by atomic mass is 10.2. The van der Waals surface area contributed by atoms with Gasteiger partial charge in [0.15, 0.2) is 0 Å². The van der Waals surface area contributed by atoms with Gasteiger partial charge < -0.3 is 10.1 Å². The summed E-state index contributed by atoms with van der Waals surface area (Å²) >= 11 is 6.17. The van der Waals surface area contributed by atoms with Gasteiger partial charge in [-0.3, -0.25) is 0 Å². The third kappa shape index (κ3) is 3.57. The van der Waals surface area contributed by atoms with E-state index in [0.717, 1.165) is 5.56 Å². The topological polar surface area (TPSA) is 64.9 Å². The number of aromatic nitrogens is 4. The van der Waals surface area contributed by atoms with Crippen LogP contribution in [0.3, 0.4) is 0 Å². The summed E-state index contributed by atoms with van der Waals surface area (Å²) in [7, 11) is 1.77. The maximum atomic E-state index is 6.17. The van der Waals surface area contributed by atoms with Gasteiger partial charge in [-0.05, 0) is 42.0 Å². The molecule has 0 fully saturated rings. The molecule has 0 radical (unpaired) electrons. The van der Waals surface area contributed by atoms with E-state index in [9.17, 15) is 0 Å². The first-order chi connectivity index (χ1) is 9.06. The van der Waals surface area contributed by atoms with Crippen LogP contribution in [0.1, 0.15) is 19.4 Å². The highest BCUT2D eigenvalue weighted by molar-refractivity contribution is 6.32. The molecule has 1 heterocycles. The minimum atomic E-state index is 0.103. The Balaban J connectivity index is 2.02. The summed E-state index contributed by atoms with van der Waals surface area (Å²) in [4.78, 5) is 0. The van der Waals surface area contributed by atoms with Crippen LogP contribution in [-0.2, 0) is 13.6 Å². The Bertz CT molecular complexity index is 555. The van der Waals surface area contributed by atoms with Gasteiger partial charge in [0.2, 0.25) is 5.95 Å². The van der Waals surface area contributed by atoms with Crippen LogP contribution >= 0.6 is 11.6 Å². The van der Waals surface area contributed by atoms with Gasteiger partial charge in [-0.2, -0.15) is 0 Å². The van der Waals surface area contributed by atoms with Crippen LogP contribution in [-0.4, -0.2) is 26.3 Å². The highest BCUT2D eigenvalue weighted by Crippen LogP contribution is 2.26. The van der Waals surface area contributed by atoms with Gasteiger partial charge in [-0.15, -0.1) is 0 Å². The van der Waals surface area contributed by atoms with Gasteiger partial charge in [0.25, 0.3) is 0 Å². The molecule has 1 N–H and O–H groups in total. The van der Waals surface area contributed by atoms with E-state index in [1.165, 1.54) is 0 Å². The molecule has 0 saturated heterocycles. The molecule has 7 heteroatoms. The van der Waals surface area contributed by atoms with E-state index in [0.29, 0.717) is 23.3 Å². The van der Waals surface area contributed by atoms with E-state index in [1.807, 2.05) is 32.0 Å². The summed E-state index contributed by atoms with van der Waals surface area (Å²) in [6.07, 6.45) is 0.103. The smallest absolute Gasteiger partial charge is 0.242 e. The van der Waals surface area contributed by atoms with Crippen LogP contribution in [0.15, 0.2) is 18.2 Å². The summed E-state index contributed by atoms with van der Waals surface area (Å²) in [5.41, 5.74) is 1.03. The monoisotopic (exact) mass is 281 g/mol. The summed E-state index contributed by atoms with van der Waals surface area (Å²) in [6.45, 7) is 4.52. The highest BCUT2D eigenvalue weighted by atomic mass is 35.5. The molecule has 0 aliphatic heterocycles. The second-order valence-corrected chi connectivity index (χ2v) is 4.82. The molecule has 0 amide bonds. The van der Waals surface area contributed by atoms with Gasteiger partial charge in [0.05, 0.1) is 11.1 Å². The maximum Gasteiger partial charge on any atom is 0.242 e. The molecule has 1 aromatic carbocycles. The van der Waals surface area contributed by atoms with Gasteiger partial charge in [-0.1, -0.05) is 22.8 Å². The molecule has 0 unspecified atom stereocenters. The molecule has 19 heavy (non-hydrogen) atoms. The second-order valence-electron chi connectivity index (χ2n) is 4.41. The Labute approximate surface area is 116 Å². The normalized spacial score (nSPS) is 10.8. The van der Waals surface area contributed by atoms with Crippen molar-refractivity contribution in [1.82, 2.24) is 20.2 Å². The lowest BCUT2D eigenvalue weighted by molar-refractivity contribution is 0.242. The van der Waals surface area contributed by atoms with Crippen molar-refractivity contribution in [1.29, 1.82) is 0 Å². The Morgan fingerprint density at radius 3 is 2.79 bits per heavy atom. The summed E-state index contributed by atoms with van der Waals surface area (Å²) in [5.74, 6) is 1.30. The number of rotatable bonds is 5. The van der Waals surface area contributed by atoms with Crippen molar-refractivity contribution in [3.05, 3.63) is 28.8 Å². The largest absolute Gasteiger partial charge is 0.489 e. The molecule has 0 bridgehead atoms. The van der Waals surface area contributed by atoms with E-state index in [2.05, 4.69) is 20.8 Å². The first-order valence-electron chi connectivity index (χ1n) is 5.97. The van der Waals surface area contributed by atoms with Gasteiger partial charge in [0, 0.05) is 13.6 Å². The lowest BCUT2D eigenvalue weighted by Gasteiger charge is -2.12. The molecule has 0 aliphatic rings. The van der Waals surface area contributed by atoms with Crippen molar-refractivity contribution in [3.63, 3.8) is 0 Å². The van der Waals surface area contributed by atoms with Gasteiger partial charge in [-0.25, -0.2) is 4.68 Å². The number of tetrazole rings is 1. The number of nitrogens with one attached hydrogen (secondary N) is 1. The fourth-order valence-corrected chi connectivity index (χ4v) is 1.81. The first kappa shape index (κ1) is 13.6. The SMILES string of the molecule is CC(C)Oc1ccc(CNc2nnnn2C)cc1Cl. The fraction of sp³-hybridized carbons (Fsp3) is 0.417. The number of anilines is 1. The molecule has 0 spiro atoms. The molecule has 1 aromatic heterocycles. The molecule has 2 aromatic rings. The Morgan fingerprint density at radius 2 is 2.21 bits per heavy atom. The Morgan fingerprint density at radius 1 is 1.42 bits per heavy atom. The van der Waals surface area contributed by atoms with E-state index in [1.54, 1.807) is 11.7 Å². The van der Waals surface area contributed by atoms with Gasteiger partial charge >= 0.3 is 0 Å². The predicted octanol–water partition coefficient (Wildman–Crippen LogP) is 2.26. The molecule has 0 saturated carbocycles. The predicted molar refractivity (Wildman–Crippen MR) is 73.3 cm³/mol. The van der Waals surface area contributed by atoms with Crippen LogP contribution in [0.4, 0.5) is 5.95 Å². The van der Waals surface area contributed by atoms with Crippen molar-refractivity contribution in [2.45, 2.75) is 26.5 Å². The number of nitrogens with zero attached hydrogens (tertiary/aromatic N) is 4. The Hall–Kier alpha value is -1.82. The third-order valence-electron chi connectivity index (χ3n) is 2.43. The molecule has 6 nitrogen and oxygen atoms in total. The number of hydrogen-bond donors (Lipinski definition) is 1. The van der Waals surface area contributed by atoms with Gasteiger partial charge in [0.1, 0.15) is 5.75 Å². The van der Waals surface area contributed by atoms with Crippen LogP contribution in [0, 0.1) is 0 Å². The molecule has 0 atom stereocenters. The Kier molecular flexibility index (Phi) is 4.21. The zero-order valence-corrected chi connectivity index (χ0v) is 11.8. The summed E-state index contributed by atoms with van der Waals surface area (Å²) < 4.78 is 7.15. The number of halogens is 1. The number of benzene rings is 1.